The molecule has 6 nitrogen and oxygen atoms in total. The van der Waals surface area contributed by atoms with Crippen LogP contribution in [0.25, 0.3) is 0 Å². The maximum Gasteiger partial charge on any atom is 0.251 e. The molecule has 1 atom stereocenters. The number of hydrogen-bond donors (Lipinski definition) is 1. The summed E-state index contributed by atoms with van der Waals surface area (Å²) in [7, 11) is 1.61. The molecule has 0 radical (unpaired) electrons. The van der Waals surface area contributed by atoms with E-state index in [0.717, 1.165) is 0 Å². The minimum atomic E-state index is -0.657. The minimum absolute atomic E-state index is 0.00729. The number of halogens is 1. The molecule has 0 spiro atoms. The average molecular weight is 378 g/mol. The zero-order valence-corrected chi connectivity index (χ0v) is 15.0. The third-order valence-electron chi connectivity index (χ3n) is 3.94. The topological polar surface area (TPSA) is 65.8 Å². The van der Waals surface area contributed by atoms with Crippen LogP contribution in [-0.2, 0) is 16.1 Å². The normalized spacial score (nSPS) is 17.3. The smallest absolute Gasteiger partial charge is 0.251 e. The van der Waals surface area contributed by atoms with Gasteiger partial charge >= 0.3 is 0 Å². The van der Waals surface area contributed by atoms with E-state index in [-0.39, 0.29) is 18.2 Å². The molecule has 1 fully saturated rings. The highest BCUT2D eigenvalue weighted by atomic mass is 35.5. The van der Waals surface area contributed by atoms with Crippen LogP contribution in [-0.4, -0.2) is 39.8 Å². The highest BCUT2D eigenvalue weighted by molar-refractivity contribution is 7.80. The number of benzene rings is 1. The van der Waals surface area contributed by atoms with Crippen LogP contribution in [0.2, 0.25) is 5.02 Å². The highest BCUT2D eigenvalue weighted by Crippen LogP contribution is 2.23. The predicted molar refractivity (Wildman–Crippen MR) is 98.1 cm³/mol. The van der Waals surface area contributed by atoms with E-state index in [4.69, 9.17) is 28.2 Å². The van der Waals surface area contributed by atoms with Crippen molar-refractivity contribution < 1.29 is 14.0 Å². The second kappa shape index (κ2) is 7.25. The molecule has 2 heterocycles. The molecule has 0 saturated carbocycles. The average Bonchev–Trinajstić information content (AvgIpc) is 3.17. The molecular weight excluding hydrogens is 362 g/mol. The summed E-state index contributed by atoms with van der Waals surface area (Å²) in [6.45, 7) is 0.334. The number of thiocarbonyl (C=S) groups is 1. The van der Waals surface area contributed by atoms with E-state index in [2.05, 4.69) is 5.32 Å². The number of carbonyl (C=O) groups excluding carboxylic acids is 2. The highest BCUT2D eigenvalue weighted by Gasteiger charge is 2.41. The summed E-state index contributed by atoms with van der Waals surface area (Å²) in [5, 5.41) is 3.73. The first kappa shape index (κ1) is 17.4. The van der Waals surface area contributed by atoms with Gasteiger partial charge in [-0.3, -0.25) is 14.5 Å². The van der Waals surface area contributed by atoms with Crippen molar-refractivity contribution in [3.05, 3.63) is 53.4 Å². The van der Waals surface area contributed by atoms with E-state index >= 15 is 0 Å². The van der Waals surface area contributed by atoms with Crippen molar-refractivity contribution in [3.63, 3.8) is 0 Å². The van der Waals surface area contributed by atoms with Crippen LogP contribution in [0.1, 0.15) is 12.2 Å². The first-order valence-corrected chi connectivity index (χ1v) is 8.40. The fraction of sp³-hybridized carbons (Fsp3) is 0.235. The van der Waals surface area contributed by atoms with Crippen LogP contribution in [0.15, 0.2) is 47.1 Å². The van der Waals surface area contributed by atoms with Crippen molar-refractivity contribution in [2.45, 2.75) is 19.0 Å². The van der Waals surface area contributed by atoms with Crippen molar-refractivity contribution in [2.24, 2.45) is 0 Å². The summed E-state index contributed by atoms with van der Waals surface area (Å²) < 4.78 is 5.33. The van der Waals surface area contributed by atoms with Crippen LogP contribution in [0.5, 0.6) is 0 Å². The lowest BCUT2D eigenvalue weighted by molar-refractivity contribution is -0.130. The molecule has 1 N–H and O–H groups in total. The van der Waals surface area contributed by atoms with Gasteiger partial charge in [0.25, 0.3) is 5.91 Å². The Morgan fingerprint density at radius 2 is 2.04 bits per heavy atom. The Morgan fingerprint density at radius 3 is 2.68 bits per heavy atom. The van der Waals surface area contributed by atoms with Gasteiger partial charge in [-0.05, 0) is 48.6 Å². The van der Waals surface area contributed by atoms with Crippen LogP contribution >= 0.6 is 23.8 Å². The van der Waals surface area contributed by atoms with Crippen molar-refractivity contribution in [1.82, 2.24) is 9.80 Å². The number of amides is 2. The molecule has 25 heavy (non-hydrogen) atoms. The monoisotopic (exact) mass is 377 g/mol. The molecule has 8 heteroatoms. The molecule has 0 bridgehead atoms. The fourth-order valence-corrected chi connectivity index (χ4v) is 3.05. The van der Waals surface area contributed by atoms with Crippen LogP contribution in [0.4, 0.5) is 5.69 Å². The lowest BCUT2D eigenvalue weighted by Crippen LogP contribution is -2.37. The van der Waals surface area contributed by atoms with Gasteiger partial charge in [0.1, 0.15) is 11.8 Å². The minimum Gasteiger partial charge on any atom is -0.467 e. The van der Waals surface area contributed by atoms with Gasteiger partial charge in [0.05, 0.1) is 19.2 Å². The second-order valence-corrected chi connectivity index (χ2v) is 6.46. The molecule has 130 valence electrons. The molecule has 1 aromatic heterocycles. The zero-order valence-electron chi connectivity index (χ0n) is 13.4. The van der Waals surface area contributed by atoms with E-state index in [1.807, 2.05) is 0 Å². The van der Waals surface area contributed by atoms with Gasteiger partial charge in [-0.2, -0.15) is 0 Å². The molecular formula is C17H16ClN3O3S. The molecule has 1 aromatic carbocycles. The third kappa shape index (κ3) is 3.83. The van der Waals surface area contributed by atoms with Gasteiger partial charge in [0.15, 0.2) is 5.11 Å². The number of hydrogen-bond acceptors (Lipinski definition) is 4. The molecule has 2 aromatic rings. The first-order valence-electron chi connectivity index (χ1n) is 7.61. The largest absolute Gasteiger partial charge is 0.467 e. The molecule has 0 aliphatic carbocycles. The van der Waals surface area contributed by atoms with Crippen LogP contribution in [0.3, 0.4) is 0 Å². The van der Waals surface area contributed by atoms with Gasteiger partial charge in [0.2, 0.25) is 5.91 Å². The summed E-state index contributed by atoms with van der Waals surface area (Å²) in [5.74, 6) is 0.194. The van der Waals surface area contributed by atoms with Gasteiger partial charge in [-0.1, -0.05) is 11.6 Å². The van der Waals surface area contributed by atoms with Gasteiger partial charge < -0.3 is 14.6 Å². The van der Waals surface area contributed by atoms with Crippen molar-refractivity contribution in [3.8, 4) is 0 Å². The summed E-state index contributed by atoms with van der Waals surface area (Å²) in [5.41, 5.74) is 0.619. The van der Waals surface area contributed by atoms with Crippen molar-refractivity contribution >= 4 is 46.4 Å². The number of carbonyl (C=O) groups is 2. The third-order valence-corrected chi connectivity index (χ3v) is 4.70. The molecule has 1 saturated heterocycles. The number of nitrogens with one attached hydrogen (secondary N) is 1. The van der Waals surface area contributed by atoms with Crippen molar-refractivity contribution in [2.75, 3.05) is 12.4 Å². The predicted octanol–water partition coefficient (Wildman–Crippen LogP) is 2.89. The number of likely N-dealkylation sites (N-methyl/N-ethyl adjacent to an activating group) is 1. The summed E-state index contributed by atoms with van der Waals surface area (Å²) >= 11 is 11.2. The second-order valence-electron chi connectivity index (χ2n) is 5.66. The lowest BCUT2D eigenvalue weighted by atomic mass is 10.1. The maximum absolute atomic E-state index is 12.5. The summed E-state index contributed by atoms with van der Waals surface area (Å²) in [6, 6.07) is 9.68. The Labute approximate surface area is 155 Å². The zero-order chi connectivity index (χ0) is 18.0. The van der Waals surface area contributed by atoms with E-state index in [1.165, 1.54) is 4.90 Å². The molecule has 1 aliphatic heterocycles. The fourth-order valence-electron chi connectivity index (χ4n) is 2.64. The van der Waals surface area contributed by atoms with E-state index in [1.54, 1.807) is 54.6 Å². The van der Waals surface area contributed by atoms with Crippen LogP contribution in [0, 0.1) is 0 Å². The summed E-state index contributed by atoms with van der Waals surface area (Å²) in [6.07, 6.45) is 1.55. The van der Waals surface area contributed by atoms with E-state index in [0.29, 0.717) is 28.1 Å². The number of furan rings is 1. The van der Waals surface area contributed by atoms with Gasteiger partial charge in [0, 0.05) is 17.8 Å². The SMILES string of the molecule is CN1C(=O)[C@H](CC(=O)Nc2ccc(Cl)cc2)N(Cc2ccco2)C1=S. The number of rotatable bonds is 5. The van der Waals surface area contributed by atoms with Gasteiger partial charge in [-0.15, -0.1) is 0 Å². The Hall–Kier alpha value is -2.38. The first-order chi connectivity index (χ1) is 12.0. The standard InChI is InChI=1S/C17H16ClN3O3S/c1-20-16(23)14(21(17(20)25)10-13-3-2-8-24-13)9-15(22)19-12-6-4-11(18)5-7-12/h2-8,14H,9-10H2,1H3,(H,19,22)/t14-/m0/s1. The molecule has 2 amide bonds. The Bertz CT molecular complexity index is 792. The van der Waals surface area contributed by atoms with E-state index in [9.17, 15) is 9.59 Å². The van der Waals surface area contributed by atoms with E-state index < -0.39 is 6.04 Å². The Balaban J connectivity index is 1.71. The van der Waals surface area contributed by atoms with Crippen LogP contribution < -0.4 is 5.32 Å². The van der Waals surface area contributed by atoms with Gasteiger partial charge in [-0.25, -0.2) is 0 Å². The Kier molecular flexibility index (Phi) is 5.06. The molecule has 1 aliphatic rings. The Morgan fingerprint density at radius 1 is 1.32 bits per heavy atom. The summed E-state index contributed by atoms with van der Waals surface area (Å²) in [4.78, 5) is 27.9. The molecule has 0 unspecified atom stereocenters. The maximum atomic E-state index is 12.5. The quantitative estimate of drug-likeness (QED) is 0.811. The lowest BCUT2D eigenvalue weighted by Gasteiger charge is -2.22. The number of anilines is 1. The van der Waals surface area contributed by atoms with Crippen molar-refractivity contribution in [1.29, 1.82) is 0 Å². The number of nitrogens with zero attached hydrogens (tertiary/aromatic N) is 2. The molecule has 3 rings (SSSR count).